The summed E-state index contributed by atoms with van der Waals surface area (Å²) in [5, 5.41) is 5.49. The van der Waals surface area contributed by atoms with Gasteiger partial charge in [-0.1, -0.05) is 12.1 Å². The molecule has 1 heterocycles. The van der Waals surface area contributed by atoms with Crippen LogP contribution in [0.1, 0.15) is 16.7 Å². The van der Waals surface area contributed by atoms with Crippen LogP contribution in [0.4, 0.5) is 10.5 Å². The number of ether oxygens (including phenoxy) is 2. The van der Waals surface area contributed by atoms with Gasteiger partial charge in [0, 0.05) is 22.7 Å². The van der Waals surface area contributed by atoms with Crippen LogP contribution < -0.4 is 15.4 Å². The zero-order chi connectivity index (χ0) is 21.7. The molecule has 3 amide bonds. The highest BCUT2D eigenvalue weighted by Gasteiger charge is 2.15. The average Bonchev–Trinajstić information content (AvgIpc) is 3.11. The summed E-state index contributed by atoms with van der Waals surface area (Å²) in [6.45, 7) is 3.22. The van der Waals surface area contributed by atoms with Gasteiger partial charge in [-0.05, 0) is 43.2 Å². The lowest BCUT2D eigenvalue weighted by atomic mass is 10.1. The highest BCUT2D eigenvalue weighted by atomic mass is 16.5. The number of hydrogen-bond donors (Lipinski definition) is 2. The van der Waals surface area contributed by atoms with Crippen LogP contribution in [0.15, 0.2) is 47.1 Å². The number of carbonyl (C=O) groups excluding carboxylic acids is 3. The molecule has 0 unspecified atom stereocenters. The molecular formula is C22H22N2O6. The van der Waals surface area contributed by atoms with Gasteiger partial charge in [0.1, 0.15) is 11.3 Å². The smallest absolute Gasteiger partial charge is 0.325 e. The van der Waals surface area contributed by atoms with Gasteiger partial charge in [-0.15, -0.1) is 0 Å². The van der Waals surface area contributed by atoms with Gasteiger partial charge in [-0.3, -0.25) is 14.9 Å². The lowest BCUT2D eigenvalue weighted by molar-refractivity contribution is -0.147. The number of imide groups is 1. The number of amides is 3. The molecule has 0 aliphatic rings. The number of aryl methyl sites for hydroxylation is 1. The van der Waals surface area contributed by atoms with E-state index in [4.69, 9.17) is 13.9 Å². The number of carbonyl (C=O) groups is 3. The molecule has 0 saturated carbocycles. The molecule has 0 radical (unpaired) electrons. The van der Waals surface area contributed by atoms with E-state index in [1.165, 1.54) is 6.26 Å². The monoisotopic (exact) mass is 410 g/mol. The molecule has 0 atom stereocenters. The average molecular weight is 410 g/mol. The Labute approximate surface area is 173 Å². The van der Waals surface area contributed by atoms with E-state index in [1.807, 2.05) is 19.9 Å². The van der Waals surface area contributed by atoms with Crippen LogP contribution in [0.3, 0.4) is 0 Å². The molecule has 0 spiro atoms. The maximum atomic E-state index is 12.1. The number of hydrogen-bond acceptors (Lipinski definition) is 6. The van der Waals surface area contributed by atoms with Crippen molar-refractivity contribution in [3.8, 4) is 5.75 Å². The first-order valence-electron chi connectivity index (χ1n) is 9.24. The second-order valence-electron chi connectivity index (χ2n) is 6.71. The molecule has 3 rings (SSSR count). The molecule has 0 fully saturated rings. The standard InChI is InChI=1S/C22H22N2O6/c1-13-5-4-6-18(14(13)2)23-22(27)24-20(25)12-30-21(26)9-15-11-29-19-10-16(28-3)7-8-17(15)19/h4-8,10-11H,9,12H2,1-3H3,(H2,23,24,25,27). The van der Waals surface area contributed by atoms with Crippen LogP contribution in [-0.2, 0) is 20.7 Å². The molecule has 3 aromatic rings. The zero-order valence-electron chi connectivity index (χ0n) is 16.9. The fraction of sp³-hybridized carbons (Fsp3) is 0.227. The topological polar surface area (TPSA) is 107 Å². The number of rotatable bonds is 6. The second-order valence-corrected chi connectivity index (χ2v) is 6.71. The normalized spacial score (nSPS) is 10.5. The highest BCUT2D eigenvalue weighted by Crippen LogP contribution is 2.26. The van der Waals surface area contributed by atoms with E-state index < -0.39 is 24.5 Å². The van der Waals surface area contributed by atoms with Crippen molar-refractivity contribution in [2.24, 2.45) is 0 Å². The van der Waals surface area contributed by atoms with Crippen molar-refractivity contribution in [2.45, 2.75) is 20.3 Å². The summed E-state index contributed by atoms with van der Waals surface area (Å²) >= 11 is 0. The molecule has 2 N–H and O–H groups in total. The Bertz CT molecular complexity index is 1100. The van der Waals surface area contributed by atoms with Gasteiger partial charge in [-0.2, -0.15) is 0 Å². The third-order valence-electron chi connectivity index (χ3n) is 4.67. The first-order chi connectivity index (χ1) is 14.4. The molecule has 1 aromatic heterocycles. The van der Waals surface area contributed by atoms with Gasteiger partial charge >= 0.3 is 12.0 Å². The number of urea groups is 1. The van der Waals surface area contributed by atoms with Crippen molar-refractivity contribution >= 4 is 34.6 Å². The highest BCUT2D eigenvalue weighted by molar-refractivity contribution is 6.02. The summed E-state index contributed by atoms with van der Waals surface area (Å²) in [6, 6.07) is 10.0. The van der Waals surface area contributed by atoms with Crippen LogP contribution in [0, 0.1) is 13.8 Å². The molecule has 0 aliphatic carbocycles. The molecule has 2 aromatic carbocycles. The molecule has 0 bridgehead atoms. The maximum absolute atomic E-state index is 12.1. The molecule has 30 heavy (non-hydrogen) atoms. The molecule has 8 heteroatoms. The molecule has 156 valence electrons. The summed E-state index contributed by atoms with van der Waals surface area (Å²) in [7, 11) is 1.55. The van der Waals surface area contributed by atoms with Gasteiger partial charge in [0.15, 0.2) is 6.61 Å². The van der Waals surface area contributed by atoms with Crippen LogP contribution in [0.5, 0.6) is 5.75 Å². The minimum atomic E-state index is -0.729. The van der Waals surface area contributed by atoms with Crippen molar-refractivity contribution in [1.29, 1.82) is 0 Å². The first kappa shape index (κ1) is 20.9. The number of furan rings is 1. The van der Waals surface area contributed by atoms with E-state index in [0.717, 1.165) is 16.5 Å². The van der Waals surface area contributed by atoms with Gasteiger partial charge in [0.2, 0.25) is 0 Å². The predicted molar refractivity (Wildman–Crippen MR) is 111 cm³/mol. The van der Waals surface area contributed by atoms with Crippen molar-refractivity contribution in [3.63, 3.8) is 0 Å². The summed E-state index contributed by atoms with van der Waals surface area (Å²) in [5.74, 6) is -0.701. The van der Waals surface area contributed by atoms with Gasteiger partial charge in [0.25, 0.3) is 5.91 Å². The van der Waals surface area contributed by atoms with Crippen molar-refractivity contribution in [2.75, 3.05) is 19.0 Å². The minimum absolute atomic E-state index is 0.0682. The number of anilines is 1. The van der Waals surface area contributed by atoms with Crippen molar-refractivity contribution in [3.05, 3.63) is 59.4 Å². The summed E-state index contributed by atoms with van der Waals surface area (Å²) in [6.07, 6.45) is 1.39. The minimum Gasteiger partial charge on any atom is -0.497 e. The number of esters is 1. The Morgan fingerprint density at radius 2 is 1.90 bits per heavy atom. The zero-order valence-corrected chi connectivity index (χ0v) is 16.9. The number of methoxy groups -OCH3 is 1. The van der Waals surface area contributed by atoms with E-state index in [0.29, 0.717) is 22.6 Å². The van der Waals surface area contributed by atoms with Crippen LogP contribution >= 0.6 is 0 Å². The predicted octanol–water partition coefficient (Wildman–Crippen LogP) is 3.49. The Morgan fingerprint density at radius 3 is 2.67 bits per heavy atom. The molecular weight excluding hydrogens is 388 g/mol. The fourth-order valence-corrected chi connectivity index (χ4v) is 2.88. The molecule has 0 saturated heterocycles. The van der Waals surface area contributed by atoms with E-state index >= 15 is 0 Å². The summed E-state index contributed by atoms with van der Waals surface area (Å²) < 4.78 is 15.5. The van der Waals surface area contributed by atoms with E-state index in [-0.39, 0.29) is 6.42 Å². The second kappa shape index (κ2) is 9.13. The fourth-order valence-electron chi connectivity index (χ4n) is 2.88. The Hall–Kier alpha value is -3.81. The van der Waals surface area contributed by atoms with Crippen LogP contribution in [0.25, 0.3) is 11.0 Å². The SMILES string of the molecule is COc1ccc2c(CC(=O)OCC(=O)NC(=O)Nc3cccc(C)c3C)coc2c1. The van der Waals surface area contributed by atoms with Gasteiger partial charge < -0.3 is 19.2 Å². The van der Waals surface area contributed by atoms with Crippen molar-refractivity contribution < 1.29 is 28.3 Å². The van der Waals surface area contributed by atoms with Gasteiger partial charge in [-0.25, -0.2) is 4.79 Å². The Kier molecular flexibility index (Phi) is 6.36. The quantitative estimate of drug-likeness (QED) is 0.603. The molecule has 8 nitrogen and oxygen atoms in total. The molecule has 0 aliphatic heterocycles. The largest absolute Gasteiger partial charge is 0.497 e. The third kappa shape index (κ3) is 4.96. The van der Waals surface area contributed by atoms with Crippen LogP contribution in [0.2, 0.25) is 0 Å². The van der Waals surface area contributed by atoms with Crippen LogP contribution in [-0.4, -0.2) is 31.6 Å². The lowest BCUT2D eigenvalue weighted by Gasteiger charge is -2.11. The lowest BCUT2D eigenvalue weighted by Crippen LogP contribution is -2.37. The van der Waals surface area contributed by atoms with Crippen molar-refractivity contribution in [1.82, 2.24) is 5.32 Å². The number of fused-ring (bicyclic) bond motifs is 1. The summed E-state index contributed by atoms with van der Waals surface area (Å²) in [5.41, 5.74) is 3.72. The number of benzene rings is 2. The third-order valence-corrected chi connectivity index (χ3v) is 4.67. The summed E-state index contributed by atoms with van der Waals surface area (Å²) in [4.78, 5) is 36.0. The first-order valence-corrected chi connectivity index (χ1v) is 9.24. The number of nitrogens with one attached hydrogen (secondary N) is 2. The Balaban J connectivity index is 1.49. The Morgan fingerprint density at radius 1 is 1.10 bits per heavy atom. The van der Waals surface area contributed by atoms with E-state index in [2.05, 4.69) is 10.6 Å². The van der Waals surface area contributed by atoms with Gasteiger partial charge in [0.05, 0.1) is 19.8 Å². The van der Waals surface area contributed by atoms with E-state index in [1.54, 1.807) is 37.4 Å². The van der Waals surface area contributed by atoms with E-state index in [9.17, 15) is 14.4 Å². The maximum Gasteiger partial charge on any atom is 0.325 e.